The van der Waals surface area contributed by atoms with Crippen LogP contribution in [-0.4, -0.2) is 57.5 Å². The van der Waals surface area contributed by atoms with Crippen molar-refractivity contribution in [3.8, 4) is 5.75 Å². The second kappa shape index (κ2) is 8.33. The van der Waals surface area contributed by atoms with Gasteiger partial charge in [-0.25, -0.2) is 17.2 Å². The van der Waals surface area contributed by atoms with Gasteiger partial charge in [0.25, 0.3) is 0 Å². The summed E-state index contributed by atoms with van der Waals surface area (Å²) < 4.78 is 59.2. The summed E-state index contributed by atoms with van der Waals surface area (Å²) in [7, 11) is -2.56. The number of rotatable bonds is 6. The number of ether oxygens (including phenoxy) is 1. The minimum atomic E-state index is -4.18. The number of benzene rings is 2. The largest absolute Gasteiger partial charge is 0.497 e. The van der Waals surface area contributed by atoms with Crippen molar-refractivity contribution < 1.29 is 21.9 Å². The van der Waals surface area contributed by atoms with Gasteiger partial charge in [0.2, 0.25) is 10.0 Å². The Bertz CT molecular complexity index is 860. The van der Waals surface area contributed by atoms with Crippen molar-refractivity contribution in [1.29, 1.82) is 0 Å². The summed E-state index contributed by atoms with van der Waals surface area (Å²) in [4.78, 5) is 1.28. The first-order chi connectivity index (χ1) is 12.9. The maximum absolute atomic E-state index is 13.9. The lowest BCUT2D eigenvalue weighted by Gasteiger charge is -2.34. The van der Waals surface area contributed by atoms with Crippen molar-refractivity contribution in [2.75, 3.05) is 39.8 Å². The van der Waals surface area contributed by atoms with E-state index < -0.39 is 26.6 Å². The van der Waals surface area contributed by atoms with Crippen LogP contribution in [0, 0.1) is 11.6 Å². The van der Waals surface area contributed by atoms with E-state index >= 15 is 0 Å². The molecule has 3 rings (SSSR count). The molecule has 27 heavy (non-hydrogen) atoms. The molecule has 0 amide bonds. The summed E-state index contributed by atoms with van der Waals surface area (Å²) in [6.45, 7) is 2.24. The van der Waals surface area contributed by atoms with Crippen LogP contribution in [0.5, 0.6) is 5.75 Å². The summed E-state index contributed by atoms with van der Waals surface area (Å²) in [5.74, 6) is -1.31. The Morgan fingerprint density at radius 1 is 0.963 bits per heavy atom. The van der Waals surface area contributed by atoms with Crippen molar-refractivity contribution in [3.63, 3.8) is 0 Å². The molecule has 0 atom stereocenters. The Morgan fingerprint density at radius 3 is 2.11 bits per heavy atom. The molecule has 146 valence electrons. The molecule has 8 heteroatoms. The van der Waals surface area contributed by atoms with Gasteiger partial charge in [0.15, 0.2) is 4.90 Å². The van der Waals surface area contributed by atoms with Gasteiger partial charge >= 0.3 is 0 Å². The molecule has 0 spiro atoms. The van der Waals surface area contributed by atoms with Crippen LogP contribution >= 0.6 is 0 Å². The first-order valence-electron chi connectivity index (χ1n) is 8.71. The van der Waals surface area contributed by atoms with Gasteiger partial charge in [-0.15, -0.1) is 0 Å². The quantitative estimate of drug-likeness (QED) is 0.753. The molecule has 0 aromatic heterocycles. The monoisotopic (exact) mass is 396 g/mol. The molecule has 1 fully saturated rings. The zero-order chi connectivity index (χ0) is 19.4. The summed E-state index contributed by atoms with van der Waals surface area (Å²) >= 11 is 0. The van der Waals surface area contributed by atoms with Crippen LogP contribution < -0.4 is 4.74 Å². The minimum Gasteiger partial charge on any atom is -0.497 e. The summed E-state index contributed by atoms with van der Waals surface area (Å²) in [6, 6.07) is 10.9. The van der Waals surface area contributed by atoms with Crippen LogP contribution in [0.1, 0.15) is 5.56 Å². The van der Waals surface area contributed by atoms with Crippen LogP contribution in [0.3, 0.4) is 0 Å². The number of methoxy groups -OCH3 is 1. The molecule has 1 heterocycles. The summed E-state index contributed by atoms with van der Waals surface area (Å²) in [5.41, 5.74) is 1.17. The Morgan fingerprint density at radius 2 is 1.56 bits per heavy atom. The van der Waals surface area contributed by atoms with E-state index in [2.05, 4.69) is 4.90 Å². The van der Waals surface area contributed by atoms with Crippen molar-refractivity contribution in [2.45, 2.75) is 11.3 Å². The number of nitrogens with zero attached hydrogens (tertiary/aromatic N) is 2. The van der Waals surface area contributed by atoms with Crippen molar-refractivity contribution in [1.82, 2.24) is 9.21 Å². The van der Waals surface area contributed by atoms with Gasteiger partial charge in [-0.2, -0.15) is 4.31 Å². The van der Waals surface area contributed by atoms with Crippen molar-refractivity contribution in [3.05, 3.63) is 59.7 Å². The van der Waals surface area contributed by atoms with Crippen LogP contribution in [-0.2, 0) is 16.4 Å². The fourth-order valence-corrected chi connectivity index (χ4v) is 4.66. The molecule has 0 aliphatic carbocycles. The smallest absolute Gasteiger partial charge is 0.249 e. The van der Waals surface area contributed by atoms with Gasteiger partial charge in [-0.3, -0.25) is 0 Å². The lowest BCUT2D eigenvalue weighted by Crippen LogP contribution is -2.49. The third-order valence-electron chi connectivity index (χ3n) is 4.72. The minimum absolute atomic E-state index is 0.207. The van der Waals surface area contributed by atoms with Gasteiger partial charge in [-0.05, 0) is 36.2 Å². The molecule has 0 unspecified atom stereocenters. The standard InChI is InChI=1S/C19H22F2N2O3S/c1-26-16-7-5-15(6-8-16)9-10-22-11-13-23(14-12-22)27(24,25)19-17(20)3-2-4-18(19)21/h2-8H,9-14H2,1H3. The Labute approximate surface area is 158 Å². The number of halogens is 2. The molecule has 2 aromatic rings. The van der Waals surface area contributed by atoms with Gasteiger partial charge in [0.05, 0.1) is 7.11 Å². The highest BCUT2D eigenvalue weighted by atomic mass is 32.2. The lowest BCUT2D eigenvalue weighted by atomic mass is 10.1. The van der Waals surface area contributed by atoms with Gasteiger partial charge in [-0.1, -0.05) is 18.2 Å². The topological polar surface area (TPSA) is 49.9 Å². The molecule has 0 bridgehead atoms. The molecular weight excluding hydrogens is 374 g/mol. The molecule has 0 radical (unpaired) electrons. The van der Waals surface area contributed by atoms with E-state index in [-0.39, 0.29) is 13.1 Å². The van der Waals surface area contributed by atoms with E-state index in [1.165, 1.54) is 5.56 Å². The van der Waals surface area contributed by atoms with Crippen LogP contribution in [0.15, 0.2) is 47.4 Å². The number of hydrogen-bond acceptors (Lipinski definition) is 4. The molecule has 1 aliphatic rings. The zero-order valence-corrected chi connectivity index (χ0v) is 15.9. The fraction of sp³-hybridized carbons (Fsp3) is 0.368. The maximum Gasteiger partial charge on any atom is 0.249 e. The van der Waals surface area contributed by atoms with Crippen molar-refractivity contribution >= 4 is 10.0 Å². The average Bonchev–Trinajstić information content (AvgIpc) is 2.67. The lowest BCUT2D eigenvalue weighted by molar-refractivity contribution is 0.189. The highest BCUT2D eigenvalue weighted by Crippen LogP contribution is 2.23. The molecule has 0 saturated carbocycles. The molecular formula is C19H22F2N2O3S. The van der Waals surface area contributed by atoms with Gasteiger partial charge in [0, 0.05) is 32.7 Å². The van der Waals surface area contributed by atoms with Crippen LogP contribution in [0.4, 0.5) is 8.78 Å². The van der Waals surface area contributed by atoms with Gasteiger partial charge < -0.3 is 9.64 Å². The summed E-state index contributed by atoms with van der Waals surface area (Å²) in [6.07, 6.45) is 0.832. The molecule has 2 aromatic carbocycles. The first kappa shape index (κ1) is 19.7. The summed E-state index contributed by atoms with van der Waals surface area (Å²) in [5, 5.41) is 0. The predicted molar refractivity (Wildman–Crippen MR) is 98.3 cm³/mol. The highest BCUT2D eigenvalue weighted by Gasteiger charge is 2.32. The highest BCUT2D eigenvalue weighted by molar-refractivity contribution is 7.89. The third kappa shape index (κ3) is 4.45. The van der Waals surface area contributed by atoms with E-state index in [9.17, 15) is 17.2 Å². The molecule has 1 saturated heterocycles. The third-order valence-corrected chi connectivity index (χ3v) is 6.67. The van der Waals surface area contributed by atoms with Gasteiger partial charge in [0.1, 0.15) is 17.4 Å². The van der Waals surface area contributed by atoms with Crippen LogP contribution in [0.2, 0.25) is 0 Å². The van der Waals surface area contributed by atoms with Crippen molar-refractivity contribution in [2.24, 2.45) is 0 Å². The van der Waals surface area contributed by atoms with E-state index in [1.54, 1.807) is 7.11 Å². The second-order valence-corrected chi connectivity index (χ2v) is 8.27. The van der Waals surface area contributed by atoms with E-state index in [0.29, 0.717) is 13.1 Å². The van der Waals surface area contributed by atoms with E-state index in [4.69, 9.17) is 4.74 Å². The maximum atomic E-state index is 13.9. The Balaban J connectivity index is 1.58. The Hall–Kier alpha value is -2.03. The van der Waals surface area contributed by atoms with Crippen LogP contribution in [0.25, 0.3) is 0 Å². The SMILES string of the molecule is COc1ccc(CCN2CCN(S(=O)(=O)c3c(F)cccc3F)CC2)cc1. The number of sulfonamides is 1. The Kier molecular flexibility index (Phi) is 6.08. The average molecular weight is 396 g/mol. The molecule has 0 N–H and O–H groups in total. The molecule has 5 nitrogen and oxygen atoms in total. The predicted octanol–water partition coefficient (Wildman–Crippen LogP) is 2.52. The molecule has 1 aliphatic heterocycles. The first-order valence-corrected chi connectivity index (χ1v) is 10.2. The number of piperazine rings is 1. The number of hydrogen-bond donors (Lipinski definition) is 0. The zero-order valence-electron chi connectivity index (χ0n) is 15.1. The van der Waals surface area contributed by atoms with E-state index in [0.717, 1.165) is 41.2 Å². The fourth-order valence-electron chi connectivity index (χ4n) is 3.13. The normalized spacial score (nSPS) is 16.4. The van der Waals surface area contributed by atoms with E-state index in [1.807, 2.05) is 24.3 Å². The second-order valence-electron chi connectivity index (χ2n) is 6.39.